The minimum Gasteiger partial charge on any atom is -0.497 e. The molecule has 0 N–H and O–H groups in total. The minimum atomic E-state index is 0.0871. The van der Waals surface area contributed by atoms with E-state index in [0.29, 0.717) is 18.3 Å². The second-order valence-corrected chi connectivity index (χ2v) is 8.53. The van der Waals surface area contributed by atoms with Gasteiger partial charge in [-0.3, -0.25) is 4.79 Å². The molecule has 1 aliphatic heterocycles. The molecule has 2 aromatic carbocycles. The van der Waals surface area contributed by atoms with Crippen LogP contribution >= 0.6 is 23.1 Å². The van der Waals surface area contributed by atoms with Crippen LogP contribution in [0.15, 0.2) is 47.4 Å². The summed E-state index contributed by atoms with van der Waals surface area (Å²) in [6.07, 6.45) is 3.73. The average Bonchev–Trinajstić information content (AvgIpc) is 3.15. The van der Waals surface area contributed by atoms with Crippen LogP contribution in [-0.2, 0) is 0 Å². The first-order valence-electron chi connectivity index (χ1n) is 9.21. The van der Waals surface area contributed by atoms with Crippen LogP contribution in [0.1, 0.15) is 23.2 Å². The zero-order valence-corrected chi connectivity index (χ0v) is 17.5. The van der Waals surface area contributed by atoms with Gasteiger partial charge in [-0.05, 0) is 42.7 Å². The maximum Gasteiger partial charge on any atom is 0.274 e. The van der Waals surface area contributed by atoms with Crippen molar-refractivity contribution in [3.05, 3.63) is 48.0 Å². The fourth-order valence-corrected chi connectivity index (χ4v) is 4.69. The Morgan fingerprint density at radius 1 is 1.21 bits per heavy atom. The molecule has 2 heterocycles. The SMILES string of the molecule is COc1ccc2nc(OC3CCN(C(=O)c4cccc(SC)c4)CC3)sc2c1. The van der Waals surface area contributed by atoms with Crippen molar-refractivity contribution in [1.29, 1.82) is 0 Å². The number of likely N-dealkylation sites (tertiary alicyclic amines) is 1. The van der Waals surface area contributed by atoms with E-state index in [1.807, 2.05) is 53.6 Å². The molecule has 146 valence electrons. The average molecular weight is 415 g/mol. The number of ether oxygens (including phenoxy) is 2. The number of hydrogen-bond donors (Lipinski definition) is 0. The highest BCUT2D eigenvalue weighted by Gasteiger charge is 2.25. The molecule has 7 heteroatoms. The van der Waals surface area contributed by atoms with E-state index in [-0.39, 0.29) is 12.0 Å². The van der Waals surface area contributed by atoms with Crippen molar-refractivity contribution in [2.24, 2.45) is 0 Å². The summed E-state index contributed by atoms with van der Waals surface area (Å²) in [6.45, 7) is 1.40. The molecule has 1 aliphatic rings. The first-order chi connectivity index (χ1) is 13.7. The standard InChI is InChI=1S/C21H22N2O3S2/c1-25-16-6-7-18-19(13-16)28-21(22-18)26-15-8-10-23(11-9-15)20(24)14-4-3-5-17(12-14)27-2/h3-7,12-13,15H,8-11H2,1-2H3. The Kier molecular flexibility index (Phi) is 5.73. The summed E-state index contributed by atoms with van der Waals surface area (Å²) in [7, 11) is 1.66. The van der Waals surface area contributed by atoms with E-state index in [0.717, 1.165) is 39.3 Å². The van der Waals surface area contributed by atoms with Crippen LogP contribution in [0.4, 0.5) is 0 Å². The van der Waals surface area contributed by atoms with E-state index < -0.39 is 0 Å². The smallest absolute Gasteiger partial charge is 0.274 e. The molecular weight excluding hydrogens is 392 g/mol. The van der Waals surface area contributed by atoms with Gasteiger partial charge >= 0.3 is 0 Å². The first kappa shape index (κ1) is 19.1. The first-order valence-corrected chi connectivity index (χ1v) is 11.2. The highest BCUT2D eigenvalue weighted by Crippen LogP contribution is 2.32. The number of carbonyl (C=O) groups excluding carboxylic acids is 1. The maximum atomic E-state index is 12.8. The Morgan fingerprint density at radius 3 is 2.79 bits per heavy atom. The predicted octanol–water partition coefficient (Wildman–Crippen LogP) is 4.71. The van der Waals surface area contributed by atoms with Gasteiger partial charge in [-0.15, -0.1) is 11.8 Å². The van der Waals surface area contributed by atoms with Crippen LogP contribution in [-0.4, -0.2) is 48.4 Å². The number of methoxy groups -OCH3 is 1. The molecule has 1 aromatic heterocycles. The highest BCUT2D eigenvalue weighted by atomic mass is 32.2. The molecule has 0 aliphatic carbocycles. The largest absolute Gasteiger partial charge is 0.497 e. The Morgan fingerprint density at radius 2 is 2.04 bits per heavy atom. The summed E-state index contributed by atoms with van der Waals surface area (Å²) in [5.41, 5.74) is 1.67. The van der Waals surface area contributed by atoms with Gasteiger partial charge in [0.05, 0.1) is 17.3 Å². The number of thiazole rings is 1. The normalized spacial score (nSPS) is 15.0. The molecule has 1 saturated heterocycles. The number of nitrogens with zero attached hydrogens (tertiary/aromatic N) is 2. The zero-order valence-electron chi connectivity index (χ0n) is 15.9. The lowest BCUT2D eigenvalue weighted by Gasteiger charge is -2.31. The molecule has 5 nitrogen and oxygen atoms in total. The Bertz CT molecular complexity index is 981. The number of fused-ring (bicyclic) bond motifs is 1. The van der Waals surface area contributed by atoms with Crippen LogP contribution < -0.4 is 9.47 Å². The number of rotatable bonds is 5. The van der Waals surface area contributed by atoms with E-state index in [9.17, 15) is 4.79 Å². The van der Waals surface area contributed by atoms with Gasteiger partial charge in [0.15, 0.2) is 0 Å². The van der Waals surface area contributed by atoms with Gasteiger partial charge in [-0.1, -0.05) is 17.4 Å². The summed E-state index contributed by atoms with van der Waals surface area (Å²) in [4.78, 5) is 20.4. The fraction of sp³-hybridized carbons (Fsp3) is 0.333. The molecule has 1 amide bonds. The van der Waals surface area contributed by atoms with E-state index in [1.54, 1.807) is 18.9 Å². The van der Waals surface area contributed by atoms with Crippen molar-refractivity contribution < 1.29 is 14.3 Å². The van der Waals surface area contributed by atoms with Crippen molar-refractivity contribution in [1.82, 2.24) is 9.88 Å². The number of amides is 1. The van der Waals surface area contributed by atoms with Gasteiger partial charge < -0.3 is 14.4 Å². The molecule has 0 atom stereocenters. The van der Waals surface area contributed by atoms with Gasteiger partial charge in [0.1, 0.15) is 11.9 Å². The molecule has 0 unspecified atom stereocenters. The van der Waals surface area contributed by atoms with E-state index >= 15 is 0 Å². The molecule has 0 radical (unpaired) electrons. The third kappa shape index (κ3) is 4.10. The Labute approximate surface area is 172 Å². The van der Waals surface area contributed by atoms with Crippen LogP contribution in [0.5, 0.6) is 10.9 Å². The van der Waals surface area contributed by atoms with E-state index in [4.69, 9.17) is 9.47 Å². The lowest BCUT2D eigenvalue weighted by atomic mass is 10.1. The summed E-state index contributed by atoms with van der Waals surface area (Å²) in [5.74, 6) is 0.918. The molecule has 4 rings (SSSR count). The van der Waals surface area contributed by atoms with Crippen LogP contribution in [0.25, 0.3) is 10.2 Å². The second-order valence-electron chi connectivity index (χ2n) is 6.65. The Balaban J connectivity index is 1.37. The van der Waals surface area contributed by atoms with Gasteiger partial charge in [0.2, 0.25) is 0 Å². The predicted molar refractivity (Wildman–Crippen MR) is 114 cm³/mol. The summed E-state index contributed by atoms with van der Waals surface area (Å²) in [5, 5.41) is 0.681. The number of hydrogen-bond acceptors (Lipinski definition) is 6. The molecular formula is C21H22N2O3S2. The third-order valence-corrected chi connectivity index (χ3v) is 6.52. The van der Waals surface area contributed by atoms with Crippen LogP contribution in [0, 0.1) is 0 Å². The molecule has 0 spiro atoms. The van der Waals surface area contributed by atoms with Crippen molar-refractivity contribution in [2.45, 2.75) is 23.8 Å². The van der Waals surface area contributed by atoms with Crippen molar-refractivity contribution >= 4 is 39.2 Å². The Hall–Kier alpha value is -2.25. The quantitative estimate of drug-likeness (QED) is 0.566. The highest BCUT2D eigenvalue weighted by molar-refractivity contribution is 7.98. The second kappa shape index (κ2) is 8.41. The summed E-state index contributed by atoms with van der Waals surface area (Å²) >= 11 is 3.18. The monoisotopic (exact) mass is 414 g/mol. The number of thioether (sulfide) groups is 1. The molecule has 3 aromatic rings. The lowest BCUT2D eigenvalue weighted by molar-refractivity contribution is 0.0595. The summed E-state index contributed by atoms with van der Waals surface area (Å²) in [6, 6.07) is 13.6. The topological polar surface area (TPSA) is 51.7 Å². The minimum absolute atomic E-state index is 0.0871. The van der Waals surface area contributed by atoms with Crippen LogP contribution in [0.3, 0.4) is 0 Å². The lowest BCUT2D eigenvalue weighted by Crippen LogP contribution is -2.41. The zero-order chi connectivity index (χ0) is 19.5. The van der Waals surface area contributed by atoms with Gasteiger partial charge in [0.25, 0.3) is 11.1 Å². The number of benzene rings is 2. The van der Waals surface area contributed by atoms with Crippen molar-refractivity contribution in [3.8, 4) is 10.9 Å². The number of carbonyl (C=O) groups is 1. The van der Waals surface area contributed by atoms with Crippen molar-refractivity contribution in [3.63, 3.8) is 0 Å². The number of piperidine rings is 1. The third-order valence-electron chi connectivity index (χ3n) is 4.89. The van der Waals surface area contributed by atoms with Gasteiger partial charge in [-0.25, -0.2) is 4.98 Å². The maximum absolute atomic E-state index is 12.8. The summed E-state index contributed by atoms with van der Waals surface area (Å²) < 4.78 is 12.4. The van der Waals surface area contributed by atoms with Crippen molar-refractivity contribution in [2.75, 3.05) is 26.5 Å². The van der Waals surface area contributed by atoms with E-state index in [1.165, 1.54) is 11.3 Å². The van der Waals surface area contributed by atoms with Crippen LogP contribution in [0.2, 0.25) is 0 Å². The molecule has 28 heavy (non-hydrogen) atoms. The molecule has 1 fully saturated rings. The number of aromatic nitrogens is 1. The van der Waals surface area contributed by atoms with Gasteiger partial charge in [0, 0.05) is 36.4 Å². The molecule has 0 bridgehead atoms. The fourth-order valence-electron chi connectivity index (χ4n) is 3.32. The van der Waals surface area contributed by atoms with Gasteiger partial charge in [-0.2, -0.15) is 0 Å². The van der Waals surface area contributed by atoms with E-state index in [2.05, 4.69) is 4.98 Å². The molecule has 0 saturated carbocycles.